The molecule has 2 N–H and O–H groups in total. The predicted octanol–water partition coefficient (Wildman–Crippen LogP) is 1.69. The Bertz CT molecular complexity index is 190. The highest BCUT2D eigenvalue weighted by Gasteiger charge is 1.71. The topological polar surface area (TPSA) is 48.2 Å². The van der Waals surface area contributed by atoms with Crippen molar-refractivity contribution in [3.63, 3.8) is 0 Å². The summed E-state index contributed by atoms with van der Waals surface area (Å²) >= 11 is 0. The summed E-state index contributed by atoms with van der Waals surface area (Å²) in [4.78, 5) is 3.82. The lowest BCUT2D eigenvalue weighted by atomic mass is 10.5. The van der Waals surface area contributed by atoms with Crippen LogP contribution in [-0.4, -0.2) is 11.9 Å². The van der Waals surface area contributed by atoms with Crippen molar-refractivity contribution in [2.75, 3.05) is 0 Å². The number of nitrogens with zero attached hydrogens (tertiary/aromatic N) is 1. The molecule has 0 aromatic rings. The molecule has 0 unspecified atom stereocenters. The molecule has 0 radical (unpaired) electrons. The van der Waals surface area contributed by atoms with E-state index in [1.807, 2.05) is 13.0 Å². The van der Waals surface area contributed by atoms with E-state index in [1.54, 1.807) is 25.5 Å². The van der Waals surface area contributed by atoms with Crippen LogP contribution >= 0.6 is 0 Å². The molecule has 3 heteroatoms. The third kappa shape index (κ3) is 8.62. The van der Waals surface area contributed by atoms with Gasteiger partial charge in [0, 0.05) is 24.3 Å². The Hall–Kier alpha value is -1.38. The molecule has 0 aliphatic carbocycles. The van der Waals surface area contributed by atoms with Crippen molar-refractivity contribution in [1.29, 1.82) is 5.41 Å². The smallest absolute Gasteiger partial charge is 0.0473 e. The zero-order chi connectivity index (χ0) is 8.53. The number of hydrogen-bond acceptors (Lipinski definition) is 3. The molecule has 0 aromatic heterocycles. The highest BCUT2D eigenvalue weighted by molar-refractivity contribution is 6.27. The van der Waals surface area contributed by atoms with Gasteiger partial charge in [-0.2, -0.15) is 0 Å². The fourth-order valence-corrected chi connectivity index (χ4v) is 0.393. The van der Waals surface area contributed by atoms with Gasteiger partial charge in [-0.25, -0.2) is 0 Å². The van der Waals surface area contributed by atoms with Crippen LogP contribution in [-0.2, 0) is 0 Å². The fraction of sp³-hybridized carbons (Fsp3) is 0.250. The molecule has 0 saturated carbocycles. The third-order valence-electron chi connectivity index (χ3n) is 0.788. The SMILES string of the molecule is C/C=C\N/C=C\N=C/C(C)=N. The first-order chi connectivity index (χ1) is 5.27. The van der Waals surface area contributed by atoms with Gasteiger partial charge in [-0.05, 0) is 20.0 Å². The molecule has 60 valence electrons. The molecule has 0 aliphatic rings. The largest absolute Gasteiger partial charge is 0.367 e. The lowest BCUT2D eigenvalue weighted by molar-refractivity contribution is 1.18. The van der Waals surface area contributed by atoms with Crippen molar-refractivity contribution in [3.05, 3.63) is 24.7 Å². The molecule has 0 saturated heterocycles. The van der Waals surface area contributed by atoms with Crippen molar-refractivity contribution < 1.29 is 0 Å². The first kappa shape index (κ1) is 9.62. The molecule has 0 rings (SSSR count). The number of nitrogens with one attached hydrogen (secondary N) is 2. The van der Waals surface area contributed by atoms with E-state index in [2.05, 4.69) is 10.3 Å². The van der Waals surface area contributed by atoms with Crippen LogP contribution in [0.2, 0.25) is 0 Å². The molecule has 0 heterocycles. The Morgan fingerprint density at radius 2 is 2.18 bits per heavy atom. The van der Waals surface area contributed by atoms with Crippen LogP contribution in [0.3, 0.4) is 0 Å². The van der Waals surface area contributed by atoms with Gasteiger partial charge in [0.1, 0.15) is 0 Å². The summed E-state index contributed by atoms with van der Waals surface area (Å²) in [5, 5.41) is 9.86. The normalized spacial score (nSPS) is 11.8. The molecular weight excluding hydrogens is 138 g/mol. The van der Waals surface area contributed by atoms with E-state index in [4.69, 9.17) is 5.41 Å². The second kappa shape index (κ2) is 6.74. The van der Waals surface area contributed by atoms with E-state index in [0.717, 1.165) is 0 Å². The molecule has 3 nitrogen and oxygen atoms in total. The van der Waals surface area contributed by atoms with Crippen molar-refractivity contribution in [3.8, 4) is 0 Å². The minimum absolute atomic E-state index is 0.445. The Labute approximate surface area is 67.0 Å². The van der Waals surface area contributed by atoms with Gasteiger partial charge in [-0.1, -0.05) is 6.08 Å². The summed E-state index contributed by atoms with van der Waals surface area (Å²) in [5.41, 5.74) is 0.445. The number of aliphatic imine (C=N–C) groups is 1. The summed E-state index contributed by atoms with van der Waals surface area (Å²) in [6, 6.07) is 0. The van der Waals surface area contributed by atoms with E-state index in [0.29, 0.717) is 5.71 Å². The summed E-state index contributed by atoms with van der Waals surface area (Å²) < 4.78 is 0. The molecule has 0 aromatic carbocycles. The summed E-state index contributed by atoms with van der Waals surface area (Å²) in [7, 11) is 0. The summed E-state index contributed by atoms with van der Waals surface area (Å²) in [5.74, 6) is 0. The van der Waals surface area contributed by atoms with Crippen molar-refractivity contribution in [2.24, 2.45) is 4.99 Å². The molecule has 0 atom stereocenters. The molecule has 0 amide bonds. The maximum atomic E-state index is 6.99. The average molecular weight is 151 g/mol. The van der Waals surface area contributed by atoms with Gasteiger partial charge < -0.3 is 10.7 Å². The van der Waals surface area contributed by atoms with Crippen molar-refractivity contribution in [2.45, 2.75) is 13.8 Å². The molecule has 0 spiro atoms. The highest BCUT2D eigenvalue weighted by atomic mass is 14.8. The molecule has 11 heavy (non-hydrogen) atoms. The fourth-order valence-electron chi connectivity index (χ4n) is 0.393. The molecule has 0 aliphatic heterocycles. The number of hydrogen-bond donors (Lipinski definition) is 2. The number of allylic oxidation sites excluding steroid dienone is 1. The van der Waals surface area contributed by atoms with Crippen LogP contribution in [0, 0.1) is 5.41 Å². The van der Waals surface area contributed by atoms with Crippen LogP contribution in [0.1, 0.15) is 13.8 Å². The van der Waals surface area contributed by atoms with Gasteiger partial charge in [0.15, 0.2) is 0 Å². The maximum absolute atomic E-state index is 6.99. The van der Waals surface area contributed by atoms with Crippen LogP contribution in [0.25, 0.3) is 0 Å². The van der Waals surface area contributed by atoms with Gasteiger partial charge in [-0.15, -0.1) is 0 Å². The van der Waals surface area contributed by atoms with E-state index in [1.165, 1.54) is 6.21 Å². The highest BCUT2D eigenvalue weighted by Crippen LogP contribution is 1.71. The second-order valence-corrected chi connectivity index (χ2v) is 1.94. The Morgan fingerprint density at radius 3 is 2.73 bits per heavy atom. The zero-order valence-corrected chi connectivity index (χ0v) is 6.83. The van der Waals surface area contributed by atoms with Gasteiger partial charge in [0.05, 0.1) is 0 Å². The van der Waals surface area contributed by atoms with Crippen LogP contribution in [0.15, 0.2) is 29.7 Å². The maximum Gasteiger partial charge on any atom is 0.0473 e. The minimum Gasteiger partial charge on any atom is -0.367 e. The van der Waals surface area contributed by atoms with Crippen LogP contribution in [0.4, 0.5) is 0 Å². The molecule has 0 bridgehead atoms. The summed E-state index contributed by atoms with van der Waals surface area (Å²) in [6.45, 7) is 3.60. The molecular formula is C8H13N3. The van der Waals surface area contributed by atoms with Gasteiger partial charge in [0.25, 0.3) is 0 Å². The summed E-state index contributed by atoms with van der Waals surface area (Å²) in [6.07, 6.45) is 8.45. The zero-order valence-electron chi connectivity index (χ0n) is 6.83. The quantitative estimate of drug-likeness (QED) is 0.590. The number of rotatable bonds is 4. The molecule has 0 fully saturated rings. The first-order valence-corrected chi connectivity index (χ1v) is 3.38. The van der Waals surface area contributed by atoms with Gasteiger partial charge in [-0.3, -0.25) is 4.99 Å². The van der Waals surface area contributed by atoms with Gasteiger partial charge in [0.2, 0.25) is 0 Å². The van der Waals surface area contributed by atoms with Crippen LogP contribution in [0.5, 0.6) is 0 Å². The van der Waals surface area contributed by atoms with E-state index >= 15 is 0 Å². The van der Waals surface area contributed by atoms with E-state index in [9.17, 15) is 0 Å². The Kier molecular flexibility index (Phi) is 5.89. The van der Waals surface area contributed by atoms with Crippen LogP contribution < -0.4 is 5.32 Å². The Balaban J connectivity index is 3.52. The predicted molar refractivity (Wildman–Crippen MR) is 49.0 cm³/mol. The van der Waals surface area contributed by atoms with E-state index < -0.39 is 0 Å². The van der Waals surface area contributed by atoms with E-state index in [-0.39, 0.29) is 0 Å². The third-order valence-corrected chi connectivity index (χ3v) is 0.788. The standard InChI is InChI=1S/C8H13N3/c1-3-4-10-5-6-11-7-8(2)9/h3-7,9-10H,1-2H3/b4-3-,6-5-,9-8?,11-7-. The first-order valence-electron chi connectivity index (χ1n) is 3.38. The van der Waals surface area contributed by atoms with Crippen molar-refractivity contribution >= 4 is 11.9 Å². The second-order valence-electron chi connectivity index (χ2n) is 1.94. The Morgan fingerprint density at radius 1 is 1.45 bits per heavy atom. The minimum atomic E-state index is 0.445. The average Bonchev–Trinajstić information content (AvgIpc) is 1.96. The lowest BCUT2D eigenvalue weighted by Gasteiger charge is -1.84. The monoisotopic (exact) mass is 151 g/mol. The lowest BCUT2D eigenvalue weighted by Crippen LogP contribution is -1.90. The van der Waals surface area contributed by atoms with Crippen molar-refractivity contribution in [1.82, 2.24) is 5.32 Å². The van der Waals surface area contributed by atoms with Gasteiger partial charge >= 0.3 is 0 Å².